The number of ketones is 1. The maximum atomic E-state index is 11.8. The zero-order valence-corrected chi connectivity index (χ0v) is 12.7. The number of hydrogen-bond acceptors (Lipinski definition) is 3. The van der Waals surface area contributed by atoms with Crippen LogP contribution in [0.3, 0.4) is 0 Å². The van der Waals surface area contributed by atoms with Crippen molar-refractivity contribution in [1.29, 1.82) is 0 Å². The van der Waals surface area contributed by atoms with Crippen molar-refractivity contribution in [3.63, 3.8) is 0 Å². The lowest BCUT2D eigenvalue weighted by atomic mass is 10.1. The summed E-state index contributed by atoms with van der Waals surface area (Å²) in [5.74, 6) is -0.885. The molecule has 22 heavy (non-hydrogen) atoms. The van der Waals surface area contributed by atoms with Crippen LogP contribution in [0.25, 0.3) is 0 Å². The highest BCUT2D eigenvalue weighted by atomic mass is 16.2. The second kappa shape index (κ2) is 8.08. The fourth-order valence-corrected chi connectivity index (χ4v) is 2.08. The number of hydrogen-bond donors (Lipinski definition) is 1. The lowest BCUT2D eigenvalue weighted by Crippen LogP contribution is -2.30. The molecule has 0 aliphatic rings. The molecule has 0 aliphatic carbocycles. The average Bonchev–Trinajstić information content (AvgIpc) is 2.55. The summed E-state index contributed by atoms with van der Waals surface area (Å²) in [6, 6.07) is 13.5. The van der Waals surface area contributed by atoms with Crippen molar-refractivity contribution >= 4 is 11.7 Å². The summed E-state index contributed by atoms with van der Waals surface area (Å²) >= 11 is 0. The molecule has 0 bridgehead atoms. The molecular weight excluding hydrogens is 276 g/mol. The van der Waals surface area contributed by atoms with E-state index in [-0.39, 0.29) is 12.2 Å². The smallest absolute Gasteiger partial charge is 0.287 e. The van der Waals surface area contributed by atoms with E-state index in [0.29, 0.717) is 19.4 Å². The van der Waals surface area contributed by atoms with Crippen LogP contribution in [-0.2, 0) is 22.6 Å². The SMILES string of the molecule is Cc1ccc(CNC(=O)C(=O)CCCc2ccccn2)cc1. The van der Waals surface area contributed by atoms with Crippen molar-refractivity contribution in [2.75, 3.05) is 0 Å². The van der Waals surface area contributed by atoms with Crippen LogP contribution >= 0.6 is 0 Å². The van der Waals surface area contributed by atoms with Crippen molar-refractivity contribution in [2.45, 2.75) is 32.7 Å². The Morgan fingerprint density at radius 1 is 1.09 bits per heavy atom. The van der Waals surface area contributed by atoms with Gasteiger partial charge in [0.25, 0.3) is 5.91 Å². The Balaban J connectivity index is 1.70. The van der Waals surface area contributed by atoms with Crippen LogP contribution in [-0.4, -0.2) is 16.7 Å². The van der Waals surface area contributed by atoms with E-state index in [2.05, 4.69) is 10.3 Å². The Labute approximate surface area is 130 Å². The molecule has 1 N–H and O–H groups in total. The molecule has 1 amide bonds. The van der Waals surface area contributed by atoms with Crippen LogP contribution in [0.4, 0.5) is 0 Å². The number of benzene rings is 1. The molecule has 0 atom stereocenters. The summed E-state index contributed by atoms with van der Waals surface area (Å²) in [5.41, 5.74) is 3.09. The van der Waals surface area contributed by atoms with E-state index in [1.165, 1.54) is 5.56 Å². The van der Waals surface area contributed by atoms with E-state index in [9.17, 15) is 9.59 Å². The van der Waals surface area contributed by atoms with Crippen molar-refractivity contribution in [3.05, 3.63) is 65.5 Å². The van der Waals surface area contributed by atoms with E-state index in [4.69, 9.17) is 0 Å². The van der Waals surface area contributed by atoms with Gasteiger partial charge in [0.1, 0.15) is 0 Å². The zero-order valence-electron chi connectivity index (χ0n) is 12.7. The van der Waals surface area contributed by atoms with Gasteiger partial charge in [-0.25, -0.2) is 0 Å². The number of aryl methyl sites for hydroxylation is 2. The number of rotatable bonds is 7. The molecule has 0 radical (unpaired) electrons. The number of aromatic nitrogens is 1. The van der Waals surface area contributed by atoms with Crippen LogP contribution in [0.15, 0.2) is 48.7 Å². The first-order chi connectivity index (χ1) is 10.6. The third-order valence-corrected chi connectivity index (χ3v) is 3.39. The Morgan fingerprint density at radius 3 is 2.55 bits per heavy atom. The van der Waals surface area contributed by atoms with Crippen LogP contribution < -0.4 is 5.32 Å². The quantitative estimate of drug-likeness (QED) is 0.799. The van der Waals surface area contributed by atoms with Gasteiger partial charge >= 0.3 is 0 Å². The molecule has 1 aromatic heterocycles. The Bertz CT molecular complexity index is 621. The van der Waals surface area contributed by atoms with Gasteiger partial charge < -0.3 is 5.32 Å². The predicted molar refractivity (Wildman–Crippen MR) is 85.2 cm³/mol. The monoisotopic (exact) mass is 296 g/mol. The van der Waals surface area contributed by atoms with Crippen LogP contribution in [0.2, 0.25) is 0 Å². The largest absolute Gasteiger partial charge is 0.345 e. The lowest BCUT2D eigenvalue weighted by molar-refractivity contribution is -0.138. The first-order valence-corrected chi connectivity index (χ1v) is 7.41. The van der Waals surface area contributed by atoms with Gasteiger partial charge in [0.2, 0.25) is 5.78 Å². The highest BCUT2D eigenvalue weighted by molar-refractivity contribution is 6.36. The minimum atomic E-state index is -0.512. The number of nitrogens with zero attached hydrogens (tertiary/aromatic N) is 1. The van der Waals surface area contributed by atoms with Crippen molar-refractivity contribution in [2.24, 2.45) is 0 Å². The minimum absolute atomic E-state index is 0.246. The van der Waals surface area contributed by atoms with Crippen LogP contribution in [0.1, 0.15) is 29.7 Å². The zero-order chi connectivity index (χ0) is 15.8. The fourth-order valence-electron chi connectivity index (χ4n) is 2.08. The number of amides is 1. The van der Waals surface area contributed by atoms with Gasteiger partial charge in [-0.15, -0.1) is 0 Å². The topological polar surface area (TPSA) is 59.1 Å². The summed E-state index contributed by atoms with van der Waals surface area (Å²) in [6.45, 7) is 2.39. The number of Topliss-reactive ketones (excluding diaryl/α,β-unsaturated/α-hetero) is 1. The molecule has 114 valence electrons. The first-order valence-electron chi connectivity index (χ1n) is 7.41. The van der Waals surface area contributed by atoms with E-state index >= 15 is 0 Å². The minimum Gasteiger partial charge on any atom is -0.345 e. The lowest BCUT2D eigenvalue weighted by Gasteiger charge is -2.05. The Kier molecular flexibility index (Phi) is 5.83. The first kappa shape index (κ1) is 15.9. The molecule has 2 aromatic rings. The molecule has 0 saturated carbocycles. The van der Waals surface area contributed by atoms with Crippen LogP contribution in [0, 0.1) is 6.92 Å². The summed E-state index contributed by atoms with van der Waals surface area (Å²) in [6.07, 6.45) is 3.31. The van der Waals surface area contributed by atoms with Gasteiger partial charge in [-0.3, -0.25) is 14.6 Å². The summed E-state index contributed by atoms with van der Waals surface area (Å²) in [7, 11) is 0. The van der Waals surface area contributed by atoms with E-state index in [1.54, 1.807) is 6.20 Å². The molecule has 1 heterocycles. The maximum absolute atomic E-state index is 11.8. The molecule has 0 unspecified atom stereocenters. The van der Waals surface area contributed by atoms with E-state index in [1.807, 2.05) is 49.4 Å². The van der Waals surface area contributed by atoms with Gasteiger partial charge in [-0.1, -0.05) is 35.9 Å². The highest BCUT2D eigenvalue weighted by Gasteiger charge is 2.12. The average molecular weight is 296 g/mol. The molecule has 4 nitrogen and oxygen atoms in total. The number of nitrogens with one attached hydrogen (secondary N) is 1. The van der Waals surface area contributed by atoms with Gasteiger partial charge in [0, 0.05) is 24.9 Å². The summed E-state index contributed by atoms with van der Waals surface area (Å²) in [5, 5.41) is 2.66. The normalized spacial score (nSPS) is 10.2. The molecule has 4 heteroatoms. The second-order valence-electron chi connectivity index (χ2n) is 5.27. The predicted octanol–water partition coefficient (Wildman–Crippen LogP) is 2.60. The van der Waals surface area contributed by atoms with Crippen LogP contribution in [0.5, 0.6) is 0 Å². The standard InChI is InChI=1S/C18H20N2O2/c1-14-8-10-15(11-9-14)13-20-18(22)17(21)7-4-6-16-5-2-3-12-19-16/h2-3,5,8-12H,4,6-7,13H2,1H3,(H,20,22). The molecular formula is C18H20N2O2. The fraction of sp³-hybridized carbons (Fsp3) is 0.278. The van der Waals surface area contributed by atoms with Crippen molar-refractivity contribution in [3.8, 4) is 0 Å². The van der Waals surface area contributed by atoms with E-state index < -0.39 is 5.91 Å². The summed E-state index contributed by atoms with van der Waals surface area (Å²) in [4.78, 5) is 27.7. The molecule has 1 aromatic carbocycles. The molecule has 0 saturated heterocycles. The molecule has 0 fully saturated rings. The second-order valence-corrected chi connectivity index (χ2v) is 5.27. The third-order valence-electron chi connectivity index (χ3n) is 3.39. The number of pyridine rings is 1. The Morgan fingerprint density at radius 2 is 1.86 bits per heavy atom. The third kappa shape index (κ3) is 5.13. The number of carbonyl (C=O) groups excluding carboxylic acids is 2. The van der Waals surface area contributed by atoms with Crippen molar-refractivity contribution in [1.82, 2.24) is 10.3 Å². The van der Waals surface area contributed by atoms with Gasteiger partial charge in [0.15, 0.2) is 0 Å². The van der Waals surface area contributed by atoms with Gasteiger partial charge in [-0.2, -0.15) is 0 Å². The van der Waals surface area contributed by atoms with Crippen molar-refractivity contribution < 1.29 is 9.59 Å². The van der Waals surface area contributed by atoms with Gasteiger partial charge in [-0.05, 0) is 37.5 Å². The molecule has 2 rings (SSSR count). The molecule has 0 aliphatic heterocycles. The van der Waals surface area contributed by atoms with Gasteiger partial charge in [0.05, 0.1) is 0 Å². The van der Waals surface area contributed by atoms with E-state index in [0.717, 1.165) is 11.3 Å². The molecule has 0 spiro atoms. The highest BCUT2D eigenvalue weighted by Crippen LogP contribution is 2.04. The summed E-state index contributed by atoms with van der Waals surface area (Å²) < 4.78 is 0. The Hall–Kier alpha value is -2.49. The number of carbonyl (C=O) groups is 2. The maximum Gasteiger partial charge on any atom is 0.287 e.